The van der Waals surface area contributed by atoms with Crippen molar-refractivity contribution in [1.82, 2.24) is 10.3 Å². The highest BCUT2D eigenvalue weighted by Crippen LogP contribution is 2.19. The number of carbonyl (C=O) groups excluding carboxylic acids is 1. The van der Waals surface area contributed by atoms with Gasteiger partial charge in [0.15, 0.2) is 0 Å². The smallest absolute Gasteiger partial charge is 0.326 e. The van der Waals surface area contributed by atoms with E-state index in [-0.39, 0.29) is 13.0 Å². The summed E-state index contributed by atoms with van der Waals surface area (Å²) in [5.74, 6) is -1.64. The molecule has 1 unspecified atom stereocenters. The molecule has 7 heteroatoms. The number of nitrogens with one attached hydrogen (secondary N) is 1. The minimum Gasteiger partial charge on any atom is -0.480 e. The Labute approximate surface area is 112 Å². The lowest BCUT2D eigenvalue weighted by Gasteiger charge is -2.13. The first-order valence-corrected chi connectivity index (χ1v) is 6.47. The van der Waals surface area contributed by atoms with E-state index in [1.807, 2.05) is 0 Å². The van der Waals surface area contributed by atoms with E-state index in [2.05, 4.69) is 10.3 Å². The second kappa shape index (κ2) is 5.77. The van der Waals surface area contributed by atoms with Gasteiger partial charge in [-0.1, -0.05) is 0 Å². The van der Waals surface area contributed by atoms with E-state index in [1.54, 1.807) is 23.7 Å². The number of aliphatic hydroxyl groups excluding tert-OH is 1. The number of amides is 1. The third-order valence-electron chi connectivity index (χ3n) is 2.61. The van der Waals surface area contributed by atoms with Crippen LogP contribution in [0.2, 0.25) is 0 Å². The molecule has 2 rings (SSSR count). The van der Waals surface area contributed by atoms with Crippen molar-refractivity contribution in [2.45, 2.75) is 12.5 Å². The summed E-state index contributed by atoms with van der Waals surface area (Å²) in [5, 5.41) is 20.0. The highest BCUT2D eigenvalue weighted by Gasteiger charge is 2.20. The van der Waals surface area contributed by atoms with Gasteiger partial charge in [0.05, 0.1) is 15.7 Å². The van der Waals surface area contributed by atoms with E-state index in [0.717, 1.165) is 10.2 Å². The molecule has 1 amide bonds. The van der Waals surface area contributed by atoms with E-state index in [4.69, 9.17) is 10.2 Å². The molecular weight excluding hydrogens is 268 g/mol. The summed E-state index contributed by atoms with van der Waals surface area (Å²) in [4.78, 5) is 26.9. The topological polar surface area (TPSA) is 99.5 Å². The Morgan fingerprint density at radius 1 is 1.42 bits per heavy atom. The lowest BCUT2D eigenvalue weighted by atomic mass is 10.1. The van der Waals surface area contributed by atoms with Crippen LogP contribution >= 0.6 is 11.3 Å². The van der Waals surface area contributed by atoms with Crippen molar-refractivity contribution >= 4 is 33.4 Å². The number of nitrogens with zero attached hydrogens (tertiary/aromatic N) is 1. The Balaban J connectivity index is 2.16. The van der Waals surface area contributed by atoms with Crippen molar-refractivity contribution in [1.29, 1.82) is 0 Å². The van der Waals surface area contributed by atoms with Crippen molar-refractivity contribution in [2.75, 3.05) is 6.61 Å². The van der Waals surface area contributed by atoms with Crippen molar-refractivity contribution in [3.63, 3.8) is 0 Å². The maximum absolute atomic E-state index is 11.9. The first-order chi connectivity index (χ1) is 9.11. The Bertz CT molecular complexity index is 611. The van der Waals surface area contributed by atoms with Crippen LogP contribution in [-0.2, 0) is 4.79 Å². The molecule has 0 aliphatic heterocycles. The van der Waals surface area contributed by atoms with Crippen LogP contribution in [0.25, 0.3) is 10.2 Å². The maximum atomic E-state index is 11.9. The van der Waals surface area contributed by atoms with Gasteiger partial charge in [-0.3, -0.25) is 4.79 Å². The molecule has 2 aromatic rings. The number of carboxylic acids is 1. The number of hydrogen-bond acceptors (Lipinski definition) is 5. The van der Waals surface area contributed by atoms with Crippen molar-refractivity contribution < 1.29 is 19.8 Å². The van der Waals surface area contributed by atoms with Crippen molar-refractivity contribution in [3.05, 3.63) is 29.3 Å². The number of carbonyl (C=O) groups is 2. The van der Waals surface area contributed by atoms with Crippen LogP contribution in [0.3, 0.4) is 0 Å². The van der Waals surface area contributed by atoms with Crippen LogP contribution in [0.4, 0.5) is 0 Å². The number of hydrogen-bond donors (Lipinski definition) is 3. The van der Waals surface area contributed by atoms with Crippen molar-refractivity contribution in [2.24, 2.45) is 0 Å². The highest BCUT2D eigenvalue weighted by atomic mass is 32.1. The SMILES string of the molecule is O=C(NC(CCO)C(=O)O)c1ccc2ncsc2c1. The Morgan fingerprint density at radius 3 is 2.89 bits per heavy atom. The summed E-state index contributed by atoms with van der Waals surface area (Å²) >= 11 is 1.41. The first-order valence-electron chi connectivity index (χ1n) is 5.59. The number of carboxylic acid groups (broad SMARTS) is 1. The predicted octanol–water partition coefficient (Wildman–Crippen LogP) is 0.862. The van der Waals surface area contributed by atoms with Gasteiger partial charge < -0.3 is 15.5 Å². The first kappa shape index (κ1) is 13.4. The number of aliphatic hydroxyl groups is 1. The molecule has 3 N–H and O–H groups in total. The molecule has 6 nitrogen and oxygen atoms in total. The van der Waals surface area contributed by atoms with Gasteiger partial charge in [-0.2, -0.15) is 0 Å². The van der Waals surface area contributed by atoms with Gasteiger partial charge in [0.2, 0.25) is 0 Å². The molecule has 1 atom stereocenters. The van der Waals surface area contributed by atoms with Gasteiger partial charge in [-0.15, -0.1) is 11.3 Å². The van der Waals surface area contributed by atoms with Crippen LogP contribution in [0, 0.1) is 0 Å². The van der Waals surface area contributed by atoms with E-state index < -0.39 is 17.9 Å². The summed E-state index contributed by atoms with van der Waals surface area (Å²) in [6.45, 7) is -0.300. The molecule has 0 saturated carbocycles. The second-order valence-corrected chi connectivity index (χ2v) is 4.80. The average molecular weight is 280 g/mol. The van der Waals surface area contributed by atoms with Gasteiger partial charge in [0.1, 0.15) is 6.04 Å². The van der Waals surface area contributed by atoms with Crippen LogP contribution in [-0.4, -0.2) is 39.7 Å². The zero-order valence-corrected chi connectivity index (χ0v) is 10.7. The molecule has 100 valence electrons. The maximum Gasteiger partial charge on any atom is 0.326 e. The van der Waals surface area contributed by atoms with Gasteiger partial charge in [0, 0.05) is 18.6 Å². The predicted molar refractivity (Wildman–Crippen MR) is 70.2 cm³/mol. The van der Waals surface area contributed by atoms with Crippen LogP contribution in [0.15, 0.2) is 23.7 Å². The molecule has 1 aromatic heterocycles. The third-order valence-corrected chi connectivity index (χ3v) is 3.41. The molecule has 0 spiro atoms. The summed E-state index contributed by atoms with van der Waals surface area (Å²) in [6.07, 6.45) is -0.0239. The fourth-order valence-corrected chi connectivity index (χ4v) is 2.34. The number of aromatic nitrogens is 1. The molecule has 0 saturated heterocycles. The zero-order chi connectivity index (χ0) is 13.8. The average Bonchev–Trinajstić information content (AvgIpc) is 2.85. The third kappa shape index (κ3) is 3.07. The Hall–Kier alpha value is -1.99. The fourth-order valence-electron chi connectivity index (χ4n) is 1.62. The standard InChI is InChI=1S/C12H12N2O4S/c15-4-3-9(12(17)18)14-11(16)7-1-2-8-10(5-7)19-6-13-8/h1-2,5-6,9,15H,3-4H2,(H,14,16)(H,17,18). The lowest BCUT2D eigenvalue weighted by Crippen LogP contribution is -2.41. The van der Waals surface area contributed by atoms with E-state index in [9.17, 15) is 9.59 Å². The molecule has 0 aliphatic carbocycles. The summed E-state index contributed by atoms with van der Waals surface area (Å²) in [6, 6.07) is 3.88. The number of fused-ring (bicyclic) bond motifs is 1. The summed E-state index contributed by atoms with van der Waals surface area (Å²) in [5.41, 5.74) is 2.85. The number of benzene rings is 1. The minimum absolute atomic E-state index is 0.0239. The van der Waals surface area contributed by atoms with Crippen LogP contribution in [0.1, 0.15) is 16.8 Å². The van der Waals surface area contributed by atoms with E-state index in [1.165, 1.54) is 11.3 Å². The normalized spacial score (nSPS) is 12.3. The van der Waals surface area contributed by atoms with E-state index >= 15 is 0 Å². The number of aliphatic carboxylic acids is 1. The van der Waals surface area contributed by atoms with Crippen LogP contribution in [0.5, 0.6) is 0 Å². The molecule has 1 heterocycles. The largest absolute Gasteiger partial charge is 0.480 e. The van der Waals surface area contributed by atoms with Gasteiger partial charge in [0.25, 0.3) is 5.91 Å². The zero-order valence-electron chi connectivity index (χ0n) is 9.87. The second-order valence-electron chi connectivity index (χ2n) is 3.91. The Morgan fingerprint density at radius 2 is 2.21 bits per heavy atom. The molecule has 1 aromatic carbocycles. The van der Waals surface area contributed by atoms with Crippen molar-refractivity contribution in [3.8, 4) is 0 Å². The van der Waals surface area contributed by atoms with Gasteiger partial charge in [-0.05, 0) is 18.2 Å². The van der Waals surface area contributed by atoms with Gasteiger partial charge in [-0.25, -0.2) is 9.78 Å². The molecule has 19 heavy (non-hydrogen) atoms. The molecular formula is C12H12N2O4S. The number of rotatable bonds is 5. The van der Waals surface area contributed by atoms with Gasteiger partial charge >= 0.3 is 5.97 Å². The molecule has 0 radical (unpaired) electrons. The highest BCUT2D eigenvalue weighted by molar-refractivity contribution is 7.16. The van der Waals surface area contributed by atoms with E-state index in [0.29, 0.717) is 5.56 Å². The fraction of sp³-hybridized carbons (Fsp3) is 0.250. The summed E-state index contributed by atoms with van der Waals surface area (Å²) in [7, 11) is 0. The molecule has 0 aliphatic rings. The molecule has 0 bridgehead atoms. The minimum atomic E-state index is -1.17. The van der Waals surface area contributed by atoms with Crippen LogP contribution < -0.4 is 5.32 Å². The monoisotopic (exact) mass is 280 g/mol. The quantitative estimate of drug-likeness (QED) is 0.754. The molecule has 0 fully saturated rings. The lowest BCUT2D eigenvalue weighted by molar-refractivity contribution is -0.139. The Kier molecular flexibility index (Phi) is 4.08. The summed E-state index contributed by atoms with van der Waals surface area (Å²) < 4.78 is 0.863. The number of thiazole rings is 1.